The van der Waals surface area contributed by atoms with Crippen molar-refractivity contribution in [3.63, 3.8) is 0 Å². The smallest absolute Gasteiger partial charge is 0.279 e. The molecule has 0 saturated carbocycles. The maximum absolute atomic E-state index is 13.7. The first-order valence-corrected chi connectivity index (χ1v) is 13.7. The van der Waals surface area contributed by atoms with E-state index in [1.165, 1.54) is 4.41 Å². The number of hydrogen-bond donors (Lipinski definition) is 1. The highest BCUT2D eigenvalue weighted by atomic mass is 32.2. The van der Waals surface area contributed by atoms with Crippen molar-refractivity contribution in [2.45, 2.75) is 31.2 Å². The SMILES string of the molecule is Cc1ccccc1C1CC(c2cccc(NS(C)(=O)=O)c2)=NN1S(=O)(=O)c1ccccc1C. The molecule has 1 aliphatic rings. The highest BCUT2D eigenvalue weighted by Gasteiger charge is 2.38. The minimum absolute atomic E-state index is 0.209. The van der Waals surface area contributed by atoms with E-state index in [0.717, 1.165) is 17.4 Å². The fourth-order valence-electron chi connectivity index (χ4n) is 4.00. The van der Waals surface area contributed by atoms with Gasteiger partial charge in [-0.3, -0.25) is 4.72 Å². The molecule has 3 aromatic carbocycles. The second-order valence-corrected chi connectivity index (χ2v) is 11.6. The molecular weight excluding hydrogens is 458 g/mol. The van der Waals surface area contributed by atoms with Gasteiger partial charge in [0.1, 0.15) is 0 Å². The Balaban J connectivity index is 1.82. The number of sulfonamides is 2. The second kappa shape index (κ2) is 8.64. The van der Waals surface area contributed by atoms with E-state index in [0.29, 0.717) is 28.9 Å². The first-order valence-electron chi connectivity index (χ1n) is 10.4. The summed E-state index contributed by atoms with van der Waals surface area (Å²) in [6, 6.07) is 20.8. The van der Waals surface area contributed by atoms with Gasteiger partial charge in [-0.1, -0.05) is 54.6 Å². The van der Waals surface area contributed by atoms with Gasteiger partial charge in [-0.05, 0) is 54.3 Å². The zero-order chi connectivity index (χ0) is 23.8. The molecule has 3 aromatic rings. The third-order valence-corrected chi connectivity index (χ3v) is 7.99. The topological polar surface area (TPSA) is 95.9 Å². The Morgan fingerprint density at radius 2 is 1.55 bits per heavy atom. The van der Waals surface area contributed by atoms with Crippen molar-refractivity contribution in [3.05, 3.63) is 95.1 Å². The molecule has 0 aromatic heterocycles. The largest absolute Gasteiger partial charge is 0.284 e. The van der Waals surface area contributed by atoms with Crippen molar-refractivity contribution >= 4 is 31.4 Å². The Morgan fingerprint density at radius 1 is 0.879 bits per heavy atom. The average molecular weight is 484 g/mol. The van der Waals surface area contributed by atoms with Crippen molar-refractivity contribution in [2.24, 2.45) is 5.10 Å². The quantitative estimate of drug-likeness (QED) is 0.568. The highest BCUT2D eigenvalue weighted by molar-refractivity contribution is 7.92. The van der Waals surface area contributed by atoms with Crippen LogP contribution in [0, 0.1) is 13.8 Å². The molecule has 33 heavy (non-hydrogen) atoms. The van der Waals surface area contributed by atoms with Gasteiger partial charge in [0.25, 0.3) is 10.0 Å². The number of benzene rings is 3. The van der Waals surface area contributed by atoms with Crippen LogP contribution in [0.15, 0.2) is 82.8 Å². The zero-order valence-corrected chi connectivity index (χ0v) is 20.2. The molecule has 9 heteroatoms. The molecule has 0 saturated heterocycles. The fraction of sp³-hybridized carbons (Fsp3) is 0.208. The number of nitrogens with one attached hydrogen (secondary N) is 1. The molecule has 1 aliphatic heterocycles. The van der Waals surface area contributed by atoms with Gasteiger partial charge in [-0.15, -0.1) is 0 Å². The molecule has 1 heterocycles. The summed E-state index contributed by atoms with van der Waals surface area (Å²) in [6.07, 6.45) is 1.44. The van der Waals surface area contributed by atoms with Crippen LogP contribution in [0.1, 0.15) is 34.7 Å². The molecule has 172 valence electrons. The number of nitrogens with zero attached hydrogens (tertiary/aromatic N) is 2. The van der Waals surface area contributed by atoms with Gasteiger partial charge >= 0.3 is 0 Å². The van der Waals surface area contributed by atoms with Crippen LogP contribution in [0.4, 0.5) is 5.69 Å². The van der Waals surface area contributed by atoms with Gasteiger partial charge in [0.2, 0.25) is 10.0 Å². The highest BCUT2D eigenvalue weighted by Crippen LogP contribution is 2.39. The average Bonchev–Trinajstić information content (AvgIpc) is 3.19. The number of rotatable bonds is 6. The lowest BCUT2D eigenvalue weighted by atomic mass is 9.96. The molecule has 0 fully saturated rings. The van der Waals surface area contributed by atoms with Crippen molar-refractivity contribution in [2.75, 3.05) is 11.0 Å². The Bertz CT molecular complexity index is 1450. The Hall–Kier alpha value is -3.17. The predicted molar refractivity (Wildman–Crippen MR) is 130 cm³/mol. The molecule has 1 atom stereocenters. The predicted octanol–water partition coefficient (Wildman–Crippen LogP) is 4.21. The molecule has 7 nitrogen and oxygen atoms in total. The zero-order valence-electron chi connectivity index (χ0n) is 18.6. The second-order valence-electron chi connectivity index (χ2n) is 8.12. The molecule has 4 rings (SSSR count). The van der Waals surface area contributed by atoms with E-state index >= 15 is 0 Å². The van der Waals surface area contributed by atoms with E-state index in [4.69, 9.17) is 0 Å². The molecule has 1 unspecified atom stereocenters. The van der Waals surface area contributed by atoms with Crippen molar-refractivity contribution < 1.29 is 16.8 Å². The summed E-state index contributed by atoms with van der Waals surface area (Å²) in [4.78, 5) is 0.209. The van der Waals surface area contributed by atoms with Crippen LogP contribution >= 0.6 is 0 Å². The Labute approximate surface area is 194 Å². The minimum Gasteiger partial charge on any atom is -0.284 e. The van der Waals surface area contributed by atoms with Crippen molar-refractivity contribution in [1.82, 2.24) is 4.41 Å². The number of anilines is 1. The number of hydrogen-bond acceptors (Lipinski definition) is 5. The van der Waals surface area contributed by atoms with Gasteiger partial charge in [0, 0.05) is 12.1 Å². The molecule has 0 aliphatic carbocycles. The van der Waals surface area contributed by atoms with E-state index in [9.17, 15) is 16.8 Å². The molecular formula is C24H25N3O4S2. The van der Waals surface area contributed by atoms with Gasteiger partial charge in [0.15, 0.2) is 0 Å². The maximum atomic E-state index is 13.7. The number of aryl methyl sites for hydroxylation is 2. The summed E-state index contributed by atoms with van der Waals surface area (Å²) in [5, 5.41) is 4.57. The van der Waals surface area contributed by atoms with Gasteiger partial charge < -0.3 is 0 Å². The summed E-state index contributed by atoms with van der Waals surface area (Å²) in [6.45, 7) is 3.71. The first kappa shape index (κ1) is 23.0. The van der Waals surface area contributed by atoms with Crippen molar-refractivity contribution in [3.8, 4) is 0 Å². The summed E-state index contributed by atoms with van der Waals surface area (Å²) in [5.41, 5.74) is 4.10. The van der Waals surface area contributed by atoms with Gasteiger partial charge in [-0.25, -0.2) is 8.42 Å². The summed E-state index contributed by atoms with van der Waals surface area (Å²) < 4.78 is 54.4. The standard InChI is InChI=1S/C24H25N3O4S2/c1-17-9-4-6-13-21(17)23-16-22(19-11-8-12-20(15-19)26-32(3,28)29)25-27(23)33(30,31)24-14-7-5-10-18(24)2/h4-15,23,26H,16H2,1-3H3. The van der Waals surface area contributed by atoms with E-state index in [1.54, 1.807) is 55.5 Å². The Morgan fingerprint density at radius 3 is 2.21 bits per heavy atom. The molecule has 0 bridgehead atoms. The Kier molecular flexibility index (Phi) is 6.02. The van der Waals surface area contributed by atoms with Crippen LogP contribution < -0.4 is 4.72 Å². The lowest BCUT2D eigenvalue weighted by Gasteiger charge is -2.25. The monoisotopic (exact) mass is 483 g/mol. The summed E-state index contributed by atoms with van der Waals surface area (Å²) >= 11 is 0. The molecule has 0 amide bonds. The lowest BCUT2D eigenvalue weighted by Crippen LogP contribution is -2.28. The molecule has 0 spiro atoms. The molecule has 1 N–H and O–H groups in total. The van der Waals surface area contributed by atoms with E-state index < -0.39 is 26.1 Å². The van der Waals surface area contributed by atoms with Gasteiger partial charge in [-0.2, -0.15) is 17.9 Å². The van der Waals surface area contributed by atoms with E-state index in [1.807, 2.05) is 31.2 Å². The van der Waals surface area contributed by atoms with Crippen LogP contribution in [0.3, 0.4) is 0 Å². The van der Waals surface area contributed by atoms with Crippen LogP contribution in [-0.4, -0.2) is 33.2 Å². The van der Waals surface area contributed by atoms with Crippen LogP contribution in [0.2, 0.25) is 0 Å². The van der Waals surface area contributed by atoms with Crippen LogP contribution in [0.25, 0.3) is 0 Å². The van der Waals surface area contributed by atoms with Crippen LogP contribution in [0.5, 0.6) is 0 Å². The minimum atomic E-state index is -3.93. The third-order valence-electron chi connectivity index (χ3n) is 5.54. The first-order chi connectivity index (χ1) is 15.6. The summed E-state index contributed by atoms with van der Waals surface area (Å²) in [7, 11) is -7.38. The number of hydrazone groups is 1. The third kappa shape index (κ3) is 4.79. The summed E-state index contributed by atoms with van der Waals surface area (Å²) in [5.74, 6) is 0. The van der Waals surface area contributed by atoms with Crippen LogP contribution in [-0.2, 0) is 20.0 Å². The van der Waals surface area contributed by atoms with Gasteiger partial charge in [0.05, 0.1) is 22.9 Å². The molecule has 0 radical (unpaired) electrons. The van der Waals surface area contributed by atoms with E-state index in [2.05, 4.69) is 9.82 Å². The fourth-order valence-corrected chi connectivity index (χ4v) is 6.21. The lowest BCUT2D eigenvalue weighted by molar-refractivity contribution is 0.370. The normalized spacial score (nSPS) is 16.5. The maximum Gasteiger partial charge on any atom is 0.279 e. The van der Waals surface area contributed by atoms with Crippen molar-refractivity contribution in [1.29, 1.82) is 0 Å². The van der Waals surface area contributed by atoms with E-state index in [-0.39, 0.29) is 4.90 Å².